The van der Waals surface area contributed by atoms with Crippen molar-refractivity contribution in [2.75, 3.05) is 0 Å². The predicted molar refractivity (Wildman–Crippen MR) is 56.9 cm³/mol. The van der Waals surface area contributed by atoms with E-state index in [1.54, 1.807) is 0 Å². The second-order valence-electron chi connectivity index (χ2n) is 5.68. The van der Waals surface area contributed by atoms with Crippen LogP contribution in [0.25, 0.3) is 0 Å². The second-order valence-corrected chi connectivity index (χ2v) is 5.68. The Bertz CT molecular complexity index is 236. The first-order valence-electron chi connectivity index (χ1n) is 5.64. The van der Waals surface area contributed by atoms with Crippen LogP contribution in [-0.2, 0) is 0 Å². The minimum absolute atomic E-state index is 0.133. The quantitative estimate of drug-likeness (QED) is 0.764. The lowest BCUT2D eigenvalue weighted by molar-refractivity contribution is -0.289. The molecule has 0 saturated carbocycles. The molecule has 1 unspecified atom stereocenters. The molecule has 1 atom stereocenters. The average Bonchev–Trinajstić information content (AvgIpc) is 1.93. The molecule has 18 heavy (non-hydrogen) atoms. The van der Waals surface area contributed by atoms with E-state index in [2.05, 4.69) is 0 Å². The SMILES string of the molecule is CC(C)(C)CCCC(N)C(C(F)(F)F)C(F)(F)F. The Morgan fingerprint density at radius 1 is 0.889 bits per heavy atom. The summed E-state index contributed by atoms with van der Waals surface area (Å²) in [5, 5.41) is 0. The van der Waals surface area contributed by atoms with Crippen LogP contribution >= 0.6 is 0 Å². The van der Waals surface area contributed by atoms with E-state index in [0.717, 1.165) is 0 Å². The van der Waals surface area contributed by atoms with Gasteiger partial charge < -0.3 is 5.73 Å². The van der Waals surface area contributed by atoms with Crippen molar-refractivity contribution in [1.29, 1.82) is 0 Å². The van der Waals surface area contributed by atoms with Crippen molar-refractivity contribution < 1.29 is 26.3 Å². The maximum Gasteiger partial charge on any atom is 0.401 e. The molecular formula is C11H19F6N. The maximum atomic E-state index is 12.3. The maximum absolute atomic E-state index is 12.3. The van der Waals surface area contributed by atoms with Crippen molar-refractivity contribution in [1.82, 2.24) is 0 Å². The first-order valence-corrected chi connectivity index (χ1v) is 5.64. The predicted octanol–water partition coefficient (Wildman–Crippen LogP) is 4.27. The van der Waals surface area contributed by atoms with Crippen molar-refractivity contribution in [3.8, 4) is 0 Å². The average molecular weight is 279 g/mol. The highest BCUT2D eigenvalue weighted by atomic mass is 19.4. The summed E-state index contributed by atoms with van der Waals surface area (Å²) in [6.07, 6.45) is -10.2. The van der Waals surface area contributed by atoms with E-state index in [9.17, 15) is 26.3 Å². The number of hydrogen-bond donors (Lipinski definition) is 1. The molecule has 110 valence electrons. The van der Waals surface area contributed by atoms with Gasteiger partial charge in [0.25, 0.3) is 0 Å². The summed E-state index contributed by atoms with van der Waals surface area (Å²) in [4.78, 5) is 0. The highest BCUT2D eigenvalue weighted by Gasteiger charge is 2.59. The third-order valence-electron chi connectivity index (χ3n) is 2.60. The van der Waals surface area contributed by atoms with Gasteiger partial charge in [-0.3, -0.25) is 0 Å². The van der Waals surface area contributed by atoms with E-state index in [4.69, 9.17) is 5.73 Å². The van der Waals surface area contributed by atoms with Crippen molar-refractivity contribution in [3.63, 3.8) is 0 Å². The zero-order valence-electron chi connectivity index (χ0n) is 10.6. The molecule has 0 aliphatic rings. The van der Waals surface area contributed by atoms with Crippen LogP contribution in [-0.4, -0.2) is 18.4 Å². The molecule has 0 aromatic carbocycles. The lowest BCUT2D eigenvalue weighted by Gasteiger charge is -2.28. The minimum atomic E-state index is -5.35. The Hall–Kier alpha value is -0.460. The minimum Gasteiger partial charge on any atom is -0.327 e. The normalized spacial score (nSPS) is 16.2. The molecule has 0 spiro atoms. The fraction of sp³-hybridized carbons (Fsp3) is 1.00. The fourth-order valence-corrected chi connectivity index (χ4v) is 1.71. The third-order valence-corrected chi connectivity index (χ3v) is 2.60. The molecule has 1 nitrogen and oxygen atoms in total. The first kappa shape index (κ1) is 17.5. The number of nitrogens with two attached hydrogens (primary N) is 1. The lowest BCUT2D eigenvalue weighted by Crippen LogP contribution is -2.48. The van der Waals surface area contributed by atoms with Crippen LogP contribution in [0.3, 0.4) is 0 Å². The molecule has 0 aromatic heterocycles. The van der Waals surface area contributed by atoms with Gasteiger partial charge in [-0.25, -0.2) is 0 Å². The monoisotopic (exact) mass is 279 g/mol. The van der Waals surface area contributed by atoms with E-state index in [1.807, 2.05) is 20.8 Å². The summed E-state index contributed by atoms with van der Waals surface area (Å²) in [5.74, 6) is -3.44. The molecule has 0 amide bonds. The summed E-state index contributed by atoms with van der Waals surface area (Å²) < 4.78 is 74.0. The van der Waals surface area contributed by atoms with Gasteiger partial charge in [0.2, 0.25) is 0 Å². The van der Waals surface area contributed by atoms with Crippen molar-refractivity contribution in [2.24, 2.45) is 17.1 Å². The topological polar surface area (TPSA) is 26.0 Å². The van der Waals surface area contributed by atoms with Gasteiger partial charge in [-0.1, -0.05) is 27.2 Å². The van der Waals surface area contributed by atoms with Crippen LogP contribution in [0.1, 0.15) is 40.0 Å². The molecule has 0 aliphatic heterocycles. The van der Waals surface area contributed by atoms with E-state index in [0.29, 0.717) is 6.42 Å². The van der Waals surface area contributed by atoms with Gasteiger partial charge in [-0.2, -0.15) is 26.3 Å². The van der Waals surface area contributed by atoms with Gasteiger partial charge >= 0.3 is 12.4 Å². The van der Waals surface area contributed by atoms with Gasteiger partial charge in [0.15, 0.2) is 5.92 Å². The summed E-state index contributed by atoms with van der Waals surface area (Å²) in [5.41, 5.74) is 4.95. The van der Waals surface area contributed by atoms with Crippen LogP contribution in [0, 0.1) is 11.3 Å². The standard InChI is InChI=1S/C11H19F6N/c1-9(2,3)6-4-5-7(18)8(10(12,13)14)11(15,16)17/h7-8H,4-6,18H2,1-3H3. The Balaban J connectivity index is 4.56. The molecule has 0 rings (SSSR count). The van der Waals surface area contributed by atoms with Crippen LogP contribution < -0.4 is 5.73 Å². The van der Waals surface area contributed by atoms with Crippen LogP contribution in [0.2, 0.25) is 0 Å². The third kappa shape index (κ3) is 6.47. The van der Waals surface area contributed by atoms with E-state index >= 15 is 0 Å². The molecule has 0 aliphatic carbocycles. The van der Waals surface area contributed by atoms with Gasteiger partial charge in [0, 0.05) is 6.04 Å². The summed E-state index contributed by atoms with van der Waals surface area (Å²) in [6, 6.07) is -1.94. The fourth-order valence-electron chi connectivity index (χ4n) is 1.71. The zero-order valence-corrected chi connectivity index (χ0v) is 10.6. The van der Waals surface area contributed by atoms with Crippen molar-refractivity contribution in [3.05, 3.63) is 0 Å². The van der Waals surface area contributed by atoms with Crippen LogP contribution in [0.4, 0.5) is 26.3 Å². The molecule has 0 saturated heterocycles. The molecule has 2 N–H and O–H groups in total. The van der Waals surface area contributed by atoms with Crippen LogP contribution in [0.5, 0.6) is 0 Å². The molecule has 0 bridgehead atoms. The Kier molecular flexibility index (Phi) is 5.53. The molecular weight excluding hydrogens is 260 g/mol. The molecule has 0 heterocycles. The van der Waals surface area contributed by atoms with E-state index < -0.39 is 24.3 Å². The summed E-state index contributed by atoms with van der Waals surface area (Å²) in [6.45, 7) is 5.59. The number of hydrogen-bond acceptors (Lipinski definition) is 1. The Morgan fingerprint density at radius 3 is 1.56 bits per heavy atom. The highest BCUT2D eigenvalue weighted by molar-refractivity contribution is 4.85. The van der Waals surface area contributed by atoms with Gasteiger partial charge in [-0.05, 0) is 18.3 Å². The van der Waals surface area contributed by atoms with Crippen LogP contribution in [0.15, 0.2) is 0 Å². The Morgan fingerprint density at radius 2 is 1.28 bits per heavy atom. The Labute approximate surface area is 103 Å². The molecule has 0 fully saturated rings. The largest absolute Gasteiger partial charge is 0.401 e. The molecule has 7 heteroatoms. The summed E-state index contributed by atoms with van der Waals surface area (Å²) >= 11 is 0. The number of rotatable bonds is 4. The smallest absolute Gasteiger partial charge is 0.327 e. The number of halogens is 6. The summed E-state index contributed by atoms with van der Waals surface area (Å²) in [7, 11) is 0. The van der Waals surface area contributed by atoms with Gasteiger partial charge in [-0.15, -0.1) is 0 Å². The van der Waals surface area contributed by atoms with E-state index in [1.165, 1.54) is 0 Å². The molecule has 0 radical (unpaired) electrons. The number of alkyl halides is 6. The highest BCUT2D eigenvalue weighted by Crippen LogP contribution is 2.42. The second kappa shape index (κ2) is 5.67. The van der Waals surface area contributed by atoms with Crippen molar-refractivity contribution in [2.45, 2.75) is 58.4 Å². The van der Waals surface area contributed by atoms with Gasteiger partial charge in [0.1, 0.15) is 0 Å². The zero-order chi connectivity index (χ0) is 14.8. The van der Waals surface area contributed by atoms with E-state index in [-0.39, 0.29) is 18.3 Å². The lowest BCUT2D eigenvalue weighted by atomic mass is 9.87. The van der Waals surface area contributed by atoms with Gasteiger partial charge in [0.05, 0.1) is 0 Å². The first-order chi connectivity index (χ1) is 7.75. The van der Waals surface area contributed by atoms with Crippen molar-refractivity contribution >= 4 is 0 Å². The molecule has 0 aromatic rings.